The monoisotopic (exact) mass is 329 g/mol. The molecule has 0 radical (unpaired) electrons. The number of carbonyl (C=O) groups excluding carboxylic acids is 1. The van der Waals surface area contributed by atoms with Crippen molar-refractivity contribution in [2.24, 2.45) is 0 Å². The molecule has 25 heavy (non-hydrogen) atoms. The number of amides is 1. The third-order valence-electron chi connectivity index (χ3n) is 4.51. The Hall–Kier alpha value is -3.07. The van der Waals surface area contributed by atoms with Crippen molar-refractivity contribution < 1.29 is 9.53 Å². The molecule has 0 saturated heterocycles. The smallest absolute Gasteiger partial charge is 0.244 e. The van der Waals surface area contributed by atoms with Crippen molar-refractivity contribution in [1.29, 1.82) is 0 Å². The largest absolute Gasteiger partial charge is 0.493 e. The fourth-order valence-corrected chi connectivity index (χ4v) is 3.27. The van der Waals surface area contributed by atoms with Crippen molar-refractivity contribution in [2.45, 2.75) is 12.5 Å². The predicted molar refractivity (Wildman–Crippen MR) is 100 cm³/mol. The number of rotatable bonds is 3. The van der Waals surface area contributed by atoms with Crippen molar-refractivity contribution in [2.75, 3.05) is 6.61 Å². The maximum atomic E-state index is 12.4. The van der Waals surface area contributed by atoms with Crippen LogP contribution in [0.15, 0.2) is 72.8 Å². The van der Waals surface area contributed by atoms with E-state index in [4.69, 9.17) is 4.74 Å². The van der Waals surface area contributed by atoms with Gasteiger partial charge in [-0.25, -0.2) is 0 Å². The molecule has 0 aromatic heterocycles. The number of benzene rings is 3. The van der Waals surface area contributed by atoms with Gasteiger partial charge in [-0.05, 0) is 28.5 Å². The van der Waals surface area contributed by atoms with Gasteiger partial charge < -0.3 is 10.1 Å². The Balaban J connectivity index is 1.52. The van der Waals surface area contributed by atoms with Crippen LogP contribution < -0.4 is 10.1 Å². The quantitative estimate of drug-likeness (QED) is 0.719. The molecule has 0 aliphatic carbocycles. The van der Waals surface area contributed by atoms with Crippen LogP contribution in [-0.4, -0.2) is 12.5 Å². The van der Waals surface area contributed by atoms with Crippen LogP contribution in [0.3, 0.4) is 0 Å². The second-order valence-electron chi connectivity index (χ2n) is 6.14. The fourth-order valence-electron chi connectivity index (χ4n) is 3.27. The van der Waals surface area contributed by atoms with Gasteiger partial charge in [0.2, 0.25) is 5.91 Å². The maximum Gasteiger partial charge on any atom is 0.244 e. The Morgan fingerprint density at radius 2 is 1.80 bits per heavy atom. The molecule has 1 heterocycles. The van der Waals surface area contributed by atoms with E-state index in [0.29, 0.717) is 6.61 Å². The Bertz CT molecular complexity index is 940. The number of hydrogen-bond acceptors (Lipinski definition) is 2. The highest BCUT2D eigenvalue weighted by molar-refractivity contribution is 5.96. The summed E-state index contributed by atoms with van der Waals surface area (Å²) in [6.07, 6.45) is 4.27. The van der Waals surface area contributed by atoms with Gasteiger partial charge in [-0.15, -0.1) is 0 Å². The van der Waals surface area contributed by atoms with E-state index in [9.17, 15) is 4.79 Å². The number of carbonyl (C=O) groups is 1. The molecule has 1 N–H and O–H groups in total. The molecule has 4 rings (SSSR count). The molecule has 124 valence electrons. The van der Waals surface area contributed by atoms with Gasteiger partial charge in [-0.2, -0.15) is 0 Å². The number of nitrogens with one attached hydrogen (secondary N) is 1. The highest BCUT2D eigenvalue weighted by Gasteiger charge is 2.21. The number of ether oxygens (including phenoxy) is 1. The van der Waals surface area contributed by atoms with Gasteiger partial charge >= 0.3 is 0 Å². The summed E-state index contributed by atoms with van der Waals surface area (Å²) in [5.41, 5.74) is 2.08. The average molecular weight is 329 g/mol. The van der Waals surface area contributed by atoms with Crippen LogP contribution in [0.4, 0.5) is 0 Å². The minimum atomic E-state index is -0.0883. The molecule has 0 saturated carbocycles. The van der Waals surface area contributed by atoms with Crippen LogP contribution in [0.1, 0.15) is 23.6 Å². The lowest BCUT2D eigenvalue weighted by molar-refractivity contribution is -0.117. The second-order valence-corrected chi connectivity index (χ2v) is 6.14. The summed E-state index contributed by atoms with van der Waals surface area (Å²) >= 11 is 0. The Morgan fingerprint density at radius 3 is 2.76 bits per heavy atom. The molecule has 0 bridgehead atoms. The molecular weight excluding hydrogens is 310 g/mol. The van der Waals surface area contributed by atoms with Crippen LogP contribution >= 0.6 is 0 Å². The average Bonchev–Trinajstić information content (AvgIpc) is 2.66. The van der Waals surface area contributed by atoms with E-state index in [2.05, 4.69) is 23.5 Å². The zero-order valence-electron chi connectivity index (χ0n) is 13.8. The van der Waals surface area contributed by atoms with Crippen molar-refractivity contribution in [3.8, 4) is 5.75 Å². The van der Waals surface area contributed by atoms with E-state index in [-0.39, 0.29) is 11.9 Å². The standard InChI is InChI=1S/C22H19NO2/c24-22(23-20-14-15-25-21-11-4-3-10-19(20)21)13-12-17-8-5-7-16-6-1-2-9-18(16)17/h1-13,20H,14-15H2,(H,23,24)/b13-12+. The highest BCUT2D eigenvalue weighted by atomic mass is 16.5. The lowest BCUT2D eigenvalue weighted by Gasteiger charge is -2.26. The minimum Gasteiger partial charge on any atom is -0.493 e. The molecule has 3 aromatic rings. The summed E-state index contributed by atoms with van der Waals surface area (Å²) < 4.78 is 5.64. The lowest BCUT2D eigenvalue weighted by atomic mass is 10.0. The summed E-state index contributed by atoms with van der Waals surface area (Å²) in [6.45, 7) is 0.620. The van der Waals surface area contributed by atoms with E-state index < -0.39 is 0 Å². The van der Waals surface area contributed by atoms with Gasteiger partial charge in [0.15, 0.2) is 0 Å². The lowest BCUT2D eigenvalue weighted by Crippen LogP contribution is -2.30. The molecule has 1 aliphatic rings. The number of para-hydroxylation sites is 1. The van der Waals surface area contributed by atoms with E-state index in [1.54, 1.807) is 6.08 Å². The minimum absolute atomic E-state index is 0.00498. The van der Waals surface area contributed by atoms with Gasteiger partial charge in [-0.1, -0.05) is 60.7 Å². The van der Waals surface area contributed by atoms with Crippen LogP contribution in [0, 0.1) is 0 Å². The summed E-state index contributed by atoms with van der Waals surface area (Å²) in [7, 11) is 0. The third-order valence-corrected chi connectivity index (χ3v) is 4.51. The Morgan fingerprint density at radius 1 is 1.00 bits per heavy atom. The first-order valence-corrected chi connectivity index (χ1v) is 8.49. The summed E-state index contributed by atoms with van der Waals surface area (Å²) in [5.74, 6) is 0.770. The van der Waals surface area contributed by atoms with E-state index in [1.165, 1.54) is 5.39 Å². The summed E-state index contributed by atoms with van der Waals surface area (Å²) in [5, 5.41) is 5.40. The summed E-state index contributed by atoms with van der Waals surface area (Å²) in [6, 6.07) is 22.2. The van der Waals surface area contributed by atoms with Crippen molar-refractivity contribution in [3.63, 3.8) is 0 Å². The van der Waals surface area contributed by atoms with Crippen molar-refractivity contribution >= 4 is 22.8 Å². The Kier molecular flexibility index (Phi) is 4.21. The molecule has 0 spiro atoms. The molecule has 1 aliphatic heterocycles. The highest BCUT2D eigenvalue weighted by Crippen LogP contribution is 2.31. The second kappa shape index (κ2) is 6.81. The van der Waals surface area contributed by atoms with E-state index in [1.807, 2.05) is 54.6 Å². The molecular formula is C22H19NO2. The molecule has 1 atom stereocenters. The molecule has 1 unspecified atom stereocenters. The first kappa shape index (κ1) is 15.5. The van der Waals surface area contributed by atoms with Crippen molar-refractivity contribution in [3.05, 3.63) is 83.9 Å². The maximum absolute atomic E-state index is 12.4. The van der Waals surface area contributed by atoms with E-state index in [0.717, 1.165) is 28.7 Å². The molecule has 3 aromatic carbocycles. The van der Waals surface area contributed by atoms with Gasteiger partial charge in [0.1, 0.15) is 5.75 Å². The topological polar surface area (TPSA) is 38.3 Å². The van der Waals surface area contributed by atoms with Gasteiger partial charge in [-0.3, -0.25) is 4.79 Å². The molecule has 1 amide bonds. The SMILES string of the molecule is O=C(/C=C/c1cccc2ccccc12)NC1CCOc2ccccc21. The van der Waals surface area contributed by atoms with Crippen LogP contribution in [0.25, 0.3) is 16.8 Å². The Labute approximate surface area is 146 Å². The van der Waals surface area contributed by atoms with Gasteiger partial charge in [0.25, 0.3) is 0 Å². The number of hydrogen-bond donors (Lipinski definition) is 1. The predicted octanol–water partition coefficient (Wildman–Crippen LogP) is 4.49. The first-order valence-electron chi connectivity index (χ1n) is 8.49. The van der Waals surface area contributed by atoms with Crippen LogP contribution in [-0.2, 0) is 4.79 Å². The molecule has 3 heteroatoms. The normalized spacial score (nSPS) is 16.4. The number of fused-ring (bicyclic) bond motifs is 2. The van der Waals surface area contributed by atoms with Crippen LogP contribution in [0.5, 0.6) is 5.75 Å². The summed E-state index contributed by atoms with van der Waals surface area (Å²) in [4.78, 5) is 12.4. The zero-order chi connectivity index (χ0) is 17.1. The molecule has 3 nitrogen and oxygen atoms in total. The van der Waals surface area contributed by atoms with Gasteiger partial charge in [0.05, 0.1) is 12.6 Å². The fraction of sp³-hybridized carbons (Fsp3) is 0.136. The van der Waals surface area contributed by atoms with E-state index >= 15 is 0 Å². The first-order chi connectivity index (χ1) is 12.3. The van der Waals surface area contributed by atoms with Gasteiger partial charge in [0, 0.05) is 18.1 Å². The third kappa shape index (κ3) is 3.26. The van der Waals surface area contributed by atoms with Crippen molar-refractivity contribution in [1.82, 2.24) is 5.32 Å². The molecule has 0 fully saturated rings. The van der Waals surface area contributed by atoms with Crippen LogP contribution in [0.2, 0.25) is 0 Å². The zero-order valence-corrected chi connectivity index (χ0v) is 13.8.